The van der Waals surface area contributed by atoms with E-state index in [1.54, 1.807) is 12.4 Å². The van der Waals surface area contributed by atoms with Gasteiger partial charge in [0.15, 0.2) is 5.65 Å². The molecule has 0 unspecified atom stereocenters. The van der Waals surface area contributed by atoms with Gasteiger partial charge < -0.3 is 0 Å². The molecule has 2 aromatic heterocycles. The van der Waals surface area contributed by atoms with Gasteiger partial charge in [0, 0.05) is 5.56 Å². The maximum absolute atomic E-state index is 4.46. The second-order valence-corrected chi connectivity index (χ2v) is 3.35. The summed E-state index contributed by atoms with van der Waals surface area (Å²) in [7, 11) is 0. The molecule has 3 rings (SSSR count). The first kappa shape index (κ1) is 8.91. The Morgan fingerprint density at radius 2 is 1.75 bits per heavy atom. The lowest BCUT2D eigenvalue weighted by atomic mass is 10.2. The number of fused-ring (bicyclic) bond motifs is 1. The Balaban J connectivity index is 2.19. The van der Waals surface area contributed by atoms with Crippen molar-refractivity contribution in [2.45, 2.75) is 0 Å². The van der Waals surface area contributed by atoms with Gasteiger partial charge >= 0.3 is 0 Å². The fourth-order valence-corrected chi connectivity index (χ4v) is 1.52. The Kier molecular flexibility index (Phi) is 2.04. The molecule has 0 N–H and O–H groups in total. The van der Waals surface area contributed by atoms with Crippen molar-refractivity contribution in [2.75, 3.05) is 0 Å². The van der Waals surface area contributed by atoms with Crippen LogP contribution in [0.25, 0.3) is 22.4 Å². The summed E-state index contributed by atoms with van der Waals surface area (Å²) >= 11 is 0. The van der Waals surface area contributed by atoms with Crippen LogP contribution < -0.4 is 0 Å². The lowest BCUT2D eigenvalue weighted by molar-refractivity contribution is 1.15. The van der Waals surface area contributed by atoms with Gasteiger partial charge in [-0.25, -0.2) is 19.9 Å². The van der Waals surface area contributed by atoms with E-state index in [1.165, 1.54) is 6.33 Å². The maximum Gasteiger partial charge on any atom is 0.181 e. The predicted molar refractivity (Wildman–Crippen MR) is 60.6 cm³/mol. The second-order valence-electron chi connectivity index (χ2n) is 3.35. The number of benzene rings is 1. The maximum atomic E-state index is 4.46. The highest BCUT2D eigenvalue weighted by molar-refractivity contribution is 5.72. The summed E-state index contributed by atoms with van der Waals surface area (Å²) in [6, 6.07) is 9.92. The molecule has 0 atom stereocenters. The van der Waals surface area contributed by atoms with Crippen molar-refractivity contribution in [3.05, 3.63) is 49.1 Å². The minimum Gasteiger partial charge on any atom is -0.242 e. The smallest absolute Gasteiger partial charge is 0.181 e. The molecule has 4 heteroatoms. The summed E-state index contributed by atoms with van der Waals surface area (Å²) in [5, 5.41) is 0. The molecule has 0 fully saturated rings. The summed E-state index contributed by atoms with van der Waals surface area (Å²) in [6.45, 7) is 0. The summed E-state index contributed by atoms with van der Waals surface area (Å²) in [5.41, 5.74) is 3.21. The molecule has 3 aromatic rings. The van der Waals surface area contributed by atoms with Gasteiger partial charge in [-0.2, -0.15) is 0 Å². The van der Waals surface area contributed by atoms with E-state index < -0.39 is 0 Å². The van der Waals surface area contributed by atoms with E-state index in [2.05, 4.69) is 19.9 Å². The molecule has 2 heterocycles. The number of aromatic nitrogens is 4. The Morgan fingerprint density at radius 3 is 2.62 bits per heavy atom. The van der Waals surface area contributed by atoms with Crippen molar-refractivity contribution in [2.24, 2.45) is 0 Å². The molecule has 0 aliphatic rings. The van der Waals surface area contributed by atoms with Crippen LogP contribution in [-0.4, -0.2) is 19.9 Å². The van der Waals surface area contributed by atoms with Gasteiger partial charge in [0.1, 0.15) is 11.8 Å². The molecule has 0 bridgehead atoms. The molecule has 0 saturated carbocycles. The van der Waals surface area contributed by atoms with Crippen LogP contribution in [0.4, 0.5) is 0 Å². The zero-order chi connectivity index (χ0) is 10.8. The fourth-order valence-electron chi connectivity index (χ4n) is 1.52. The van der Waals surface area contributed by atoms with Crippen LogP contribution in [0.15, 0.2) is 49.1 Å². The standard InChI is InChI=1S/C12H8N4/c1-2-4-9(5-3-1)10-7-14-12-11(16-10)6-13-8-15-12/h1-8H. The molecule has 0 radical (unpaired) electrons. The van der Waals surface area contributed by atoms with E-state index >= 15 is 0 Å². The molecule has 0 amide bonds. The molecule has 0 aliphatic heterocycles. The van der Waals surface area contributed by atoms with Gasteiger partial charge in [0.2, 0.25) is 0 Å². The van der Waals surface area contributed by atoms with Crippen LogP contribution in [-0.2, 0) is 0 Å². The largest absolute Gasteiger partial charge is 0.242 e. The molecule has 1 aromatic carbocycles. The first-order valence-electron chi connectivity index (χ1n) is 4.92. The minimum atomic E-state index is 0.620. The third-order valence-corrected chi connectivity index (χ3v) is 2.29. The zero-order valence-electron chi connectivity index (χ0n) is 8.41. The summed E-state index contributed by atoms with van der Waals surface area (Å²) in [6.07, 6.45) is 4.87. The van der Waals surface area contributed by atoms with Crippen LogP contribution >= 0.6 is 0 Å². The summed E-state index contributed by atoms with van der Waals surface area (Å²) < 4.78 is 0. The van der Waals surface area contributed by atoms with Crippen LogP contribution in [0.2, 0.25) is 0 Å². The molecular formula is C12H8N4. The Hall–Kier alpha value is -2.36. The van der Waals surface area contributed by atoms with Crippen molar-refractivity contribution in [1.29, 1.82) is 0 Å². The van der Waals surface area contributed by atoms with E-state index in [9.17, 15) is 0 Å². The predicted octanol–water partition coefficient (Wildman–Crippen LogP) is 2.09. The molecule has 4 nitrogen and oxygen atoms in total. The topological polar surface area (TPSA) is 51.6 Å². The van der Waals surface area contributed by atoms with Gasteiger partial charge in [-0.15, -0.1) is 0 Å². The van der Waals surface area contributed by atoms with Gasteiger partial charge in [-0.05, 0) is 0 Å². The van der Waals surface area contributed by atoms with Gasteiger partial charge in [0.05, 0.1) is 18.1 Å². The second kappa shape index (κ2) is 3.66. The van der Waals surface area contributed by atoms with E-state index in [1.807, 2.05) is 30.3 Å². The zero-order valence-corrected chi connectivity index (χ0v) is 8.41. The van der Waals surface area contributed by atoms with Crippen molar-refractivity contribution in [3.63, 3.8) is 0 Å². The Bertz CT molecular complexity index is 622. The highest BCUT2D eigenvalue weighted by Gasteiger charge is 2.02. The van der Waals surface area contributed by atoms with Crippen molar-refractivity contribution < 1.29 is 0 Å². The van der Waals surface area contributed by atoms with E-state index in [0.29, 0.717) is 11.2 Å². The average molecular weight is 208 g/mol. The van der Waals surface area contributed by atoms with Crippen LogP contribution in [0, 0.1) is 0 Å². The van der Waals surface area contributed by atoms with Crippen molar-refractivity contribution in [3.8, 4) is 11.3 Å². The van der Waals surface area contributed by atoms with Crippen molar-refractivity contribution in [1.82, 2.24) is 19.9 Å². The minimum absolute atomic E-state index is 0.620. The van der Waals surface area contributed by atoms with Gasteiger partial charge in [-0.3, -0.25) is 0 Å². The lowest BCUT2D eigenvalue weighted by Gasteiger charge is -2.00. The van der Waals surface area contributed by atoms with E-state index in [-0.39, 0.29) is 0 Å². The van der Waals surface area contributed by atoms with Crippen molar-refractivity contribution >= 4 is 11.2 Å². The quantitative estimate of drug-likeness (QED) is 0.614. The Labute approximate surface area is 92.0 Å². The number of hydrogen-bond donors (Lipinski definition) is 0. The third kappa shape index (κ3) is 1.50. The first-order valence-corrected chi connectivity index (χ1v) is 4.92. The Morgan fingerprint density at radius 1 is 0.875 bits per heavy atom. The SMILES string of the molecule is c1ccc(-c2cnc3ncncc3n2)cc1. The molecule has 0 saturated heterocycles. The molecule has 16 heavy (non-hydrogen) atoms. The first-order chi connectivity index (χ1) is 7.93. The van der Waals surface area contributed by atoms with E-state index in [0.717, 1.165) is 11.3 Å². The van der Waals surface area contributed by atoms with Crippen LogP contribution in [0.5, 0.6) is 0 Å². The van der Waals surface area contributed by atoms with E-state index in [4.69, 9.17) is 0 Å². The van der Waals surface area contributed by atoms with Crippen LogP contribution in [0.3, 0.4) is 0 Å². The molecular weight excluding hydrogens is 200 g/mol. The molecule has 0 aliphatic carbocycles. The summed E-state index contributed by atoms with van der Waals surface area (Å²) in [5.74, 6) is 0. The van der Waals surface area contributed by atoms with Gasteiger partial charge in [0.25, 0.3) is 0 Å². The third-order valence-electron chi connectivity index (χ3n) is 2.29. The lowest BCUT2D eigenvalue weighted by Crippen LogP contribution is -1.91. The fraction of sp³-hybridized carbons (Fsp3) is 0. The monoisotopic (exact) mass is 208 g/mol. The van der Waals surface area contributed by atoms with Gasteiger partial charge in [-0.1, -0.05) is 30.3 Å². The number of hydrogen-bond acceptors (Lipinski definition) is 4. The number of rotatable bonds is 1. The average Bonchev–Trinajstić information content (AvgIpc) is 2.39. The molecule has 76 valence electrons. The van der Waals surface area contributed by atoms with Crippen LogP contribution in [0.1, 0.15) is 0 Å². The molecule has 0 spiro atoms. The highest BCUT2D eigenvalue weighted by Crippen LogP contribution is 2.16. The normalized spacial score (nSPS) is 10.5. The number of nitrogens with zero attached hydrogens (tertiary/aromatic N) is 4. The highest BCUT2D eigenvalue weighted by atomic mass is 14.9. The summed E-state index contributed by atoms with van der Waals surface area (Å²) in [4.78, 5) is 16.7.